The lowest BCUT2D eigenvalue weighted by molar-refractivity contribution is -0.146. The predicted octanol–water partition coefficient (Wildman–Crippen LogP) is 26.5. The van der Waals surface area contributed by atoms with Gasteiger partial charge >= 0.3 is 29.8 Å². The number of aliphatic carboxylic acids is 5. The van der Waals surface area contributed by atoms with Gasteiger partial charge in [0.1, 0.15) is 34.6 Å². The Hall–Kier alpha value is -13.8. The van der Waals surface area contributed by atoms with Crippen molar-refractivity contribution >= 4 is 99.6 Å². The molecule has 714 valence electrons. The van der Waals surface area contributed by atoms with E-state index in [2.05, 4.69) is 30.9 Å². The first kappa shape index (κ1) is 105. The number of carbonyl (C=O) groups is 10. The van der Waals surface area contributed by atoms with E-state index in [9.17, 15) is 72.8 Å². The van der Waals surface area contributed by atoms with Crippen molar-refractivity contribution in [2.24, 2.45) is 0 Å². The molecule has 10 aromatic rings. The Kier molecular flexibility index (Phi) is 42.5. The molecular formula is C112H112Cl3FO21. The SMILES string of the molecule is C=CCCC(Oc1ccc(C(=O)c2ccc(Cl)cc2)cc1)C(=O)O.Cc1ccc(OC(CCC2=CCCCC2)C(=O)O)c(C(=O)/C=C/c2ccc(Cl)cc2)c1.O=C(c1ccc(Cl)cc1)c1ccc(OC(CCC2=CCCCC2)C(=O)O)cc1.O=C(c1ccc(F)cc1)c1ccc(OC(CCC2=CCCCC2)C(=O)O)cc1.O=C(c1ccc(OC(CCC2=CCCCC2)C(=O)O)cc1)c1ccco1. The van der Waals surface area contributed by atoms with Crippen molar-refractivity contribution < 1.29 is 106 Å². The fraction of sp³-hybridized carbons (Fsp3) is 0.286. The zero-order valence-electron chi connectivity index (χ0n) is 76.2. The molecule has 21 nitrogen and oxygen atoms in total. The molecule has 0 spiro atoms. The molecule has 0 saturated heterocycles. The minimum atomic E-state index is -1.03. The Morgan fingerprint density at radius 2 is 0.672 bits per heavy atom. The van der Waals surface area contributed by atoms with E-state index < -0.39 is 66.2 Å². The maximum Gasteiger partial charge on any atom is 0.344 e. The lowest BCUT2D eigenvalue weighted by atomic mass is 9.95. The summed E-state index contributed by atoms with van der Waals surface area (Å²) in [6.07, 6.45) is 33.8. The number of carboxylic acids is 5. The summed E-state index contributed by atoms with van der Waals surface area (Å²) in [5, 5.41) is 48.9. The summed E-state index contributed by atoms with van der Waals surface area (Å²) in [4.78, 5) is 120. The highest BCUT2D eigenvalue weighted by molar-refractivity contribution is 6.31. The number of furan rings is 1. The minimum Gasteiger partial charge on any atom is -0.479 e. The van der Waals surface area contributed by atoms with E-state index in [0.29, 0.717) is 133 Å². The third kappa shape index (κ3) is 35.4. The van der Waals surface area contributed by atoms with Crippen LogP contribution in [-0.2, 0) is 24.0 Å². The van der Waals surface area contributed by atoms with E-state index in [4.69, 9.17) is 68.0 Å². The molecule has 4 aliphatic carbocycles. The van der Waals surface area contributed by atoms with Crippen LogP contribution in [0.3, 0.4) is 0 Å². The summed E-state index contributed by atoms with van der Waals surface area (Å²) in [6.45, 7) is 5.45. The summed E-state index contributed by atoms with van der Waals surface area (Å²) < 4.78 is 46.3. The Morgan fingerprint density at radius 1 is 0.372 bits per heavy atom. The molecular weight excluding hydrogens is 1810 g/mol. The van der Waals surface area contributed by atoms with Gasteiger partial charge in [-0.15, -0.1) is 6.58 Å². The van der Waals surface area contributed by atoms with E-state index in [-0.39, 0.29) is 34.7 Å². The molecule has 14 rings (SSSR count). The topological polar surface area (TPSA) is 331 Å². The largest absolute Gasteiger partial charge is 0.479 e. The number of allylic oxidation sites excluding steroid dienone is 10. The molecule has 25 heteroatoms. The number of carbonyl (C=O) groups excluding carboxylic acids is 5. The normalized spacial score (nSPS) is 14.3. The molecule has 0 bridgehead atoms. The average Bonchev–Trinajstić information content (AvgIpc) is 1.64. The molecule has 0 aliphatic heterocycles. The third-order valence-electron chi connectivity index (χ3n) is 23.1. The van der Waals surface area contributed by atoms with E-state index in [1.54, 1.807) is 194 Å². The Morgan fingerprint density at radius 3 is 0.971 bits per heavy atom. The highest BCUT2D eigenvalue weighted by Gasteiger charge is 2.28. The maximum atomic E-state index is 13.0. The van der Waals surface area contributed by atoms with Crippen LogP contribution in [0.2, 0.25) is 15.1 Å². The molecule has 5 atom stereocenters. The third-order valence-corrected chi connectivity index (χ3v) is 23.8. The first-order valence-electron chi connectivity index (χ1n) is 45.9. The first-order valence-corrected chi connectivity index (χ1v) is 47.0. The molecule has 9 aromatic carbocycles. The number of rotatable bonds is 41. The second-order valence-corrected chi connectivity index (χ2v) is 34.6. The molecule has 5 unspecified atom stereocenters. The molecule has 0 amide bonds. The average molecular weight is 1920 g/mol. The number of hydrogen-bond donors (Lipinski definition) is 5. The predicted molar refractivity (Wildman–Crippen MR) is 526 cm³/mol. The molecule has 1 aromatic heterocycles. The van der Waals surface area contributed by atoms with Gasteiger partial charge in [0, 0.05) is 54.0 Å². The summed E-state index contributed by atoms with van der Waals surface area (Å²) in [5.74, 6) is -4.11. The monoisotopic (exact) mass is 1920 g/mol. The van der Waals surface area contributed by atoms with Gasteiger partial charge in [0.2, 0.25) is 5.78 Å². The summed E-state index contributed by atoms with van der Waals surface area (Å²) in [7, 11) is 0. The number of halogens is 4. The Labute approximate surface area is 812 Å². The molecule has 137 heavy (non-hydrogen) atoms. The zero-order chi connectivity index (χ0) is 98.0. The zero-order valence-corrected chi connectivity index (χ0v) is 78.5. The fourth-order valence-corrected chi connectivity index (χ4v) is 15.8. The molecule has 5 N–H and O–H groups in total. The first-order chi connectivity index (χ1) is 66.1. The summed E-state index contributed by atoms with van der Waals surface area (Å²) in [6, 6.07) is 60.1. The lowest BCUT2D eigenvalue weighted by Crippen LogP contribution is -2.27. The number of ether oxygens (including phenoxy) is 5. The maximum absolute atomic E-state index is 13.0. The van der Waals surface area contributed by atoms with Crippen LogP contribution in [-0.4, -0.2) is 115 Å². The molecule has 1 heterocycles. The van der Waals surface area contributed by atoms with Gasteiger partial charge < -0.3 is 53.6 Å². The quantitative estimate of drug-likeness (QED) is 0.0135. The van der Waals surface area contributed by atoms with Crippen molar-refractivity contribution in [1.82, 2.24) is 0 Å². The second kappa shape index (κ2) is 55.3. The number of aryl methyl sites for hydroxylation is 1. The van der Waals surface area contributed by atoms with Crippen molar-refractivity contribution in [3.05, 3.63) is 378 Å². The smallest absolute Gasteiger partial charge is 0.344 e. The molecule has 0 radical (unpaired) electrons. The van der Waals surface area contributed by atoms with Gasteiger partial charge in [-0.2, -0.15) is 0 Å². The van der Waals surface area contributed by atoms with Crippen LogP contribution >= 0.6 is 34.8 Å². The van der Waals surface area contributed by atoms with Gasteiger partial charge in [-0.05, 0) is 392 Å². The van der Waals surface area contributed by atoms with Crippen LogP contribution in [0.1, 0.15) is 252 Å². The fourth-order valence-electron chi connectivity index (χ4n) is 15.4. The van der Waals surface area contributed by atoms with Gasteiger partial charge in [-0.3, -0.25) is 24.0 Å². The van der Waals surface area contributed by atoms with Crippen LogP contribution in [0, 0.1) is 12.7 Å². The number of ketones is 5. The lowest BCUT2D eigenvalue weighted by Gasteiger charge is -2.19. The van der Waals surface area contributed by atoms with Gasteiger partial charge in [0.05, 0.1) is 11.8 Å². The molecule has 0 fully saturated rings. The van der Waals surface area contributed by atoms with E-state index in [1.807, 2.05) is 25.1 Å². The Bertz CT molecular complexity index is 5720. The molecule has 4 aliphatic rings. The van der Waals surface area contributed by atoms with Gasteiger partial charge in [0.25, 0.3) is 0 Å². The van der Waals surface area contributed by atoms with Gasteiger partial charge in [-0.1, -0.05) is 117 Å². The van der Waals surface area contributed by atoms with E-state index in [1.165, 1.54) is 97.4 Å². The van der Waals surface area contributed by atoms with Crippen LogP contribution in [0.5, 0.6) is 28.7 Å². The van der Waals surface area contributed by atoms with Crippen molar-refractivity contribution in [2.45, 2.75) is 204 Å². The highest BCUT2D eigenvalue weighted by atomic mass is 35.5. The van der Waals surface area contributed by atoms with Crippen molar-refractivity contribution in [1.29, 1.82) is 0 Å². The second-order valence-electron chi connectivity index (χ2n) is 33.3. The van der Waals surface area contributed by atoms with Crippen LogP contribution in [0.15, 0.2) is 300 Å². The molecule has 0 saturated carbocycles. The van der Waals surface area contributed by atoms with E-state index >= 15 is 0 Å². The van der Waals surface area contributed by atoms with Crippen molar-refractivity contribution in [2.75, 3.05) is 0 Å². The number of carboxylic acid groups (broad SMARTS) is 5. The van der Waals surface area contributed by atoms with Crippen LogP contribution in [0.25, 0.3) is 6.08 Å². The van der Waals surface area contributed by atoms with Crippen LogP contribution in [0.4, 0.5) is 4.39 Å². The summed E-state index contributed by atoms with van der Waals surface area (Å²) in [5.41, 5.74) is 10.7. The summed E-state index contributed by atoms with van der Waals surface area (Å²) >= 11 is 17.6. The van der Waals surface area contributed by atoms with E-state index in [0.717, 1.165) is 94.6 Å². The Balaban J connectivity index is 0.000000177. The van der Waals surface area contributed by atoms with Crippen molar-refractivity contribution in [3.8, 4) is 28.7 Å². The van der Waals surface area contributed by atoms with Gasteiger partial charge in [-0.25, -0.2) is 28.4 Å². The highest BCUT2D eigenvalue weighted by Crippen LogP contribution is 2.33. The van der Waals surface area contributed by atoms with Crippen LogP contribution < -0.4 is 23.7 Å². The number of hydrogen-bond acceptors (Lipinski definition) is 16. The van der Waals surface area contributed by atoms with Gasteiger partial charge in [0.15, 0.2) is 59.4 Å². The van der Waals surface area contributed by atoms with Crippen molar-refractivity contribution in [3.63, 3.8) is 0 Å². The number of benzene rings is 9. The minimum absolute atomic E-state index is 0.123. The standard InChI is InChI=1S/C26H27ClO4.C23H23ClO4.C23H23FO4.C21H22O5.C19H17ClO4/c1-18-7-15-24(31-25(26(29)30)16-11-19-5-3-2-4-6-19)22(17-18)23(28)14-10-20-8-12-21(27)13-9-20;2*24-19-11-7-17(8-12-19)22(25)18-9-13-20(14-10-18)28-21(23(26)27)15-6-16-4-2-1-3-5-16;22-20(18-7-4-14-25-18)16-9-11-17(12-10-16)26-19(21(23)24)13-8-15-5-2-1-3-6-15;1-2-3-4-17(19(22)23)24-16-11-7-14(8-12-16)18(21)13-5-9-15(20)10-6-13/h5,7-10,12-15,17,25H,2-4,6,11,16H2,1H3,(H,29,30);2*4,7-14,21H,1-3,5-6,15H2,(H,26,27);4-5,7,9-12,14,19H,1-3,6,8,13H2,(H,23,24);2,5-12,17H,1,3-4H2,(H,22,23)/b14-10+;;;;.